The van der Waals surface area contributed by atoms with Crippen molar-refractivity contribution in [3.63, 3.8) is 0 Å². The van der Waals surface area contributed by atoms with Crippen LogP contribution in [-0.4, -0.2) is 19.9 Å². The third-order valence-electron chi connectivity index (χ3n) is 11.3. The molecule has 11 rings (SSSR count). The molecule has 0 saturated carbocycles. The third-order valence-corrected chi connectivity index (χ3v) is 11.3. The van der Waals surface area contributed by atoms with Crippen molar-refractivity contribution in [2.24, 2.45) is 0 Å². The summed E-state index contributed by atoms with van der Waals surface area (Å²) in [6.45, 7) is 0. The molecule has 0 aliphatic heterocycles. The predicted octanol–water partition coefficient (Wildman–Crippen LogP) is 14.4. The molecule has 0 saturated heterocycles. The van der Waals surface area contributed by atoms with Gasteiger partial charge in [0, 0.05) is 38.6 Å². The minimum atomic E-state index is 0.706. The first-order valence-electron chi connectivity index (χ1n) is 20.2. The molecule has 0 aliphatic rings. The van der Waals surface area contributed by atoms with Crippen molar-refractivity contribution in [3.05, 3.63) is 218 Å². The van der Waals surface area contributed by atoms with Gasteiger partial charge in [0.25, 0.3) is 0 Å². The summed E-state index contributed by atoms with van der Waals surface area (Å²) in [6.07, 6.45) is 0. The Kier molecular flexibility index (Phi) is 8.79. The number of pyridine rings is 2. The second-order valence-corrected chi connectivity index (χ2v) is 15.0. The Morgan fingerprint density at radius 2 is 0.767 bits per heavy atom. The maximum absolute atomic E-state index is 5.39. The molecule has 0 bridgehead atoms. The Morgan fingerprint density at radius 1 is 0.233 bits per heavy atom. The van der Waals surface area contributed by atoms with Crippen LogP contribution in [0.1, 0.15) is 0 Å². The van der Waals surface area contributed by atoms with Gasteiger partial charge in [0.05, 0.1) is 33.8 Å². The van der Waals surface area contributed by atoms with Crippen molar-refractivity contribution >= 4 is 32.6 Å². The lowest BCUT2D eigenvalue weighted by molar-refractivity contribution is 1.19. The molecule has 0 atom stereocenters. The normalized spacial score (nSPS) is 11.3. The van der Waals surface area contributed by atoms with Gasteiger partial charge in [-0.2, -0.15) is 0 Å². The zero-order chi connectivity index (χ0) is 39.8. The minimum Gasteiger partial charge on any atom is -0.245 e. The molecule has 0 spiro atoms. The first-order valence-corrected chi connectivity index (χ1v) is 20.2. The van der Waals surface area contributed by atoms with Gasteiger partial charge in [-0.25, -0.2) is 19.9 Å². The average molecular weight is 765 g/mol. The van der Waals surface area contributed by atoms with Gasteiger partial charge in [-0.1, -0.05) is 194 Å². The monoisotopic (exact) mass is 764 g/mol. The molecule has 0 fully saturated rings. The van der Waals surface area contributed by atoms with Crippen LogP contribution in [0.4, 0.5) is 0 Å². The van der Waals surface area contributed by atoms with E-state index in [0.29, 0.717) is 5.82 Å². The van der Waals surface area contributed by atoms with Crippen LogP contribution in [0.5, 0.6) is 0 Å². The Morgan fingerprint density at radius 3 is 1.52 bits per heavy atom. The number of aromatic nitrogens is 4. The highest BCUT2D eigenvalue weighted by atomic mass is 14.9. The number of rotatable bonds is 7. The van der Waals surface area contributed by atoms with E-state index in [1.54, 1.807) is 0 Å². The first-order chi connectivity index (χ1) is 29.7. The molecule has 0 amide bonds. The minimum absolute atomic E-state index is 0.706. The molecule has 11 aromatic rings. The molecule has 8 aromatic carbocycles. The lowest BCUT2D eigenvalue weighted by atomic mass is 9.95. The Bertz CT molecular complexity index is 3340. The largest absolute Gasteiger partial charge is 0.245 e. The van der Waals surface area contributed by atoms with E-state index in [4.69, 9.17) is 19.9 Å². The first kappa shape index (κ1) is 35.1. The highest BCUT2D eigenvalue weighted by Gasteiger charge is 2.16. The van der Waals surface area contributed by atoms with Crippen LogP contribution in [-0.2, 0) is 0 Å². The fraction of sp³-hybridized carbons (Fsp3) is 0. The summed E-state index contributed by atoms with van der Waals surface area (Å²) < 4.78 is 0. The van der Waals surface area contributed by atoms with Gasteiger partial charge in [0.15, 0.2) is 5.82 Å². The topological polar surface area (TPSA) is 51.6 Å². The second-order valence-electron chi connectivity index (χ2n) is 15.0. The fourth-order valence-corrected chi connectivity index (χ4v) is 8.23. The van der Waals surface area contributed by atoms with Crippen LogP contribution < -0.4 is 0 Å². The van der Waals surface area contributed by atoms with Gasteiger partial charge in [-0.15, -0.1) is 0 Å². The van der Waals surface area contributed by atoms with Crippen LogP contribution in [0.2, 0.25) is 0 Å². The van der Waals surface area contributed by atoms with Crippen LogP contribution in [0.25, 0.3) is 111 Å². The van der Waals surface area contributed by atoms with Crippen molar-refractivity contribution in [2.45, 2.75) is 0 Å². The smallest absolute Gasteiger partial charge is 0.161 e. The molecule has 0 unspecified atom stereocenters. The van der Waals surface area contributed by atoms with Crippen LogP contribution in [0, 0.1) is 0 Å². The summed E-state index contributed by atoms with van der Waals surface area (Å²) in [4.78, 5) is 20.9. The van der Waals surface area contributed by atoms with E-state index in [9.17, 15) is 0 Å². The van der Waals surface area contributed by atoms with E-state index in [2.05, 4.69) is 194 Å². The van der Waals surface area contributed by atoms with Gasteiger partial charge in [-0.3, -0.25) is 0 Å². The second kappa shape index (κ2) is 15.0. The predicted molar refractivity (Wildman–Crippen MR) is 248 cm³/mol. The molecular formula is C56H36N4. The summed E-state index contributed by atoms with van der Waals surface area (Å²) >= 11 is 0. The zero-order valence-corrected chi connectivity index (χ0v) is 32.6. The van der Waals surface area contributed by atoms with Crippen LogP contribution in [0.3, 0.4) is 0 Å². The quantitative estimate of drug-likeness (QED) is 0.152. The summed E-state index contributed by atoms with van der Waals surface area (Å²) in [5.41, 5.74) is 15.0. The summed E-state index contributed by atoms with van der Waals surface area (Å²) in [5, 5.41) is 4.42. The van der Waals surface area contributed by atoms with Crippen molar-refractivity contribution in [1.82, 2.24) is 19.9 Å². The van der Waals surface area contributed by atoms with Crippen molar-refractivity contribution in [2.75, 3.05) is 0 Å². The Hall–Kier alpha value is -8.08. The molecule has 4 nitrogen and oxygen atoms in total. The summed E-state index contributed by atoms with van der Waals surface area (Å²) in [7, 11) is 0. The molecule has 280 valence electrons. The number of benzene rings is 8. The SMILES string of the molecule is c1ccc(-c2cc(-c3ccc(-c4cccc(-c5cc(-c6ccccc6)c6ccc7ccc(-c8ccccc8)nc7c6n5)c4)cc3)nc(-c3cccc4ccccc34)n2)cc1. The van der Waals surface area contributed by atoms with Gasteiger partial charge < -0.3 is 0 Å². The van der Waals surface area contributed by atoms with E-state index < -0.39 is 0 Å². The van der Waals surface area contributed by atoms with Crippen molar-refractivity contribution in [1.29, 1.82) is 0 Å². The van der Waals surface area contributed by atoms with E-state index in [-0.39, 0.29) is 0 Å². The van der Waals surface area contributed by atoms with E-state index in [1.807, 2.05) is 24.3 Å². The molecule has 3 heterocycles. The average Bonchev–Trinajstić information content (AvgIpc) is 3.34. The lowest BCUT2D eigenvalue weighted by Crippen LogP contribution is -1.96. The van der Waals surface area contributed by atoms with Crippen molar-refractivity contribution < 1.29 is 0 Å². The summed E-state index contributed by atoms with van der Waals surface area (Å²) in [6, 6.07) is 76.2. The van der Waals surface area contributed by atoms with Gasteiger partial charge in [0.1, 0.15) is 0 Å². The number of fused-ring (bicyclic) bond motifs is 4. The highest BCUT2D eigenvalue weighted by Crippen LogP contribution is 2.38. The van der Waals surface area contributed by atoms with Crippen molar-refractivity contribution in [3.8, 4) is 78.7 Å². The number of hydrogen-bond acceptors (Lipinski definition) is 4. The van der Waals surface area contributed by atoms with Gasteiger partial charge >= 0.3 is 0 Å². The maximum atomic E-state index is 5.39. The number of nitrogens with zero attached hydrogens (tertiary/aromatic N) is 4. The molecule has 4 heteroatoms. The maximum Gasteiger partial charge on any atom is 0.161 e. The van der Waals surface area contributed by atoms with Gasteiger partial charge in [-0.05, 0) is 57.3 Å². The van der Waals surface area contributed by atoms with Crippen LogP contribution in [0.15, 0.2) is 218 Å². The molecular weight excluding hydrogens is 729 g/mol. The Balaban J connectivity index is 1.00. The molecule has 0 radical (unpaired) electrons. The lowest BCUT2D eigenvalue weighted by Gasteiger charge is -2.14. The third kappa shape index (κ3) is 6.56. The fourth-order valence-electron chi connectivity index (χ4n) is 8.23. The molecule has 3 aromatic heterocycles. The zero-order valence-electron chi connectivity index (χ0n) is 32.6. The number of hydrogen-bond donors (Lipinski definition) is 0. The van der Waals surface area contributed by atoms with Gasteiger partial charge in [0.2, 0.25) is 0 Å². The molecule has 0 aliphatic carbocycles. The standard InChI is InChI=1S/C56H36N4/c1-4-14-39(15-5-1)49-35-51(58-55-47(49)32-30-43-31-33-50(57-54(43)55)40-17-6-2-7-18-40)45-23-12-22-44(34-45)37-26-28-42(29-27-37)53-36-52(41-19-8-3-9-20-41)59-56(60-53)48-25-13-21-38-16-10-11-24-46(38)48/h1-36H. The molecule has 60 heavy (non-hydrogen) atoms. The van der Waals surface area contributed by atoms with E-state index >= 15 is 0 Å². The summed E-state index contributed by atoms with van der Waals surface area (Å²) in [5.74, 6) is 0.706. The molecule has 0 N–H and O–H groups in total. The highest BCUT2D eigenvalue weighted by molar-refractivity contribution is 6.09. The van der Waals surface area contributed by atoms with E-state index in [0.717, 1.165) is 105 Å². The van der Waals surface area contributed by atoms with E-state index in [1.165, 1.54) is 0 Å². The van der Waals surface area contributed by atoms with Crippen LogP contribution >= 0.6 is 0 Å². The Labute approximate surface area is 348 Å².